The van der Waals surface area contributed by atoms with Gasteiger partial charge < -0.3 is 0 Å². The van der Waals surface area contributed by atoms with Crippen molar-refractivity contribution < 1.29 is 4.79 Å². The summed E-state index contributed by atoms with van der Waals surface area (Å²) in [5.74, 6) is -0.435. The number of nitrogens with one attached hydrogen (secondary N) is 1. The highest BCUT2D eigenvalue weighted by molar-refractivity contribution is 7.13. The standard InChI is InChI=1S/C21H16N6O2S/c1-12-18-14(10-16(17-8-5-9-30-17)23-19(18)26(2)24-12)20(28)25-27-11-22-15-7-4-3-6-13(15)21(27)29/h3-11H,1-2H3,(H,25,28). The second kappa shape index (κ2) is 6.89. The molecule has 1 aromatic carbocycles. The lowest BCUT2D eigenvalue weighted by molar-refractivity contribution is 0.101. The predicted octanol–water partition coefficient (Wildman–Crippen LogP) is 3.10. The molecule has 0 saturated heterocycles. The van der Waals surface area contributed by atoms with Crippen LogP contribution < -0.4 is 11.0 Å². The Hall–Kier alpha value is -3.85. The van der Waals surface area contributed by atoms with Gasteiger partial charge in [-0.1, -0.05) is 18.2 Å². The number of aryl methyl sites for hydroxylation is 2. The monoisotopic (exact) mass is 416 g/mol. The minimum atomic E-state index is -0.435. The van der Waals surface area contributed by atoms with E-state index in [1.165, 1.54) is 17.7 Å². The molecule has 30 heavy (non-hydrogen) atoms. The molecule has 4 aromatic heterocycles. The maximum Gasteiger partial charge on any atom is 0.280 e. The fourth-order valence-corrected chi connectivity index (χ4v) is 4.18. The molecule has 0 atom stereocenters. The topological polar surface area (TPSA) is 94.7 Å². The Morgan fingerprint density at radius 2 is 2.00 bits per heavy atom. The smallest absolute Gasteiger partial charge is 0.267 e. The van der Waals surface area contributed by atoms with Crippen LogP contribution in [0.15, 0.2) is 59.0 Å². The summed E-state index contributed by atoms with van der Waals surface area (Å²) in [7, 11) is 1.79. The van der Waals surface area contributed by atoms with E-state index in [1.54, 1.807) is 36.0 Å². The van der Waals surface area contributed by atoms with Crippen LogP contribution in [0, 0.1) is 6.92 Å². The van der Waals surface area contributed by atoms with E-state index in [0.717, 1.165) is 9.55 Å². The predicted molar refractivity (Wildman–Crippen MR) is 116 cm³/mol. The van der Waals surface area contributed by atoms with Gasteiger partial charge in [0.05, 0.1) is 38.1 Å². The van der Waals surface area contributed by atoms with E-state index in [4.69, 9.17) is 4.98 Å². The van der Waals surface area contributed by atoms with Crippen molar-refractivity contribution >= 4 is 39.2 Å². The zero-order chi connectivity index (χ0) is 20.8. The quantitative estimate of drug-likeness (QED) is 0.488. The summed E-state index contributed by atoms with van der Waals surface area (Å²) in [6, 6.07) is 12.6. The summed E-state index contributed by atoms with van der Waals surface area (Å²) >= 11 is 1.54. The van der Waals surface area contributed by atoms with Gasteiger partial charge in [-0.2, -0.15) is 5.10 Å². The van der Waals surface area contributed by atoms with E-state index in [1.807, 2.05) is 30.5 Å². The fourth-order valence-electron chi connectivity index (χ4n) is 3.49. The number of hydrogen-bond donors (Lipinski definition) is 1. The lowest BCUT2D eigenvalue weighted by atomic mass is 10.1. The molecule has 0 fully saturated rings. The van der Waals surface area contributed by atoms with Gasteiger partial charge in [0, 0.05) is 7.05 Å². The molecule has 0 aliphatic carbocycles. The molecule has 0 aliphatic rings. The van der Waals surface area contributed by atoms with Gasteiger partial charge in [-0.3, -0.25) is 19.7 Å². The maximum atomic E-state index is 13.2. The van der Waals surface area contributed by atoms with Gasteiger partial charge in [0.15, 0.2) is 5.65 Å². The van der Waals surface area contributed by atoms with E-state index in [-0.39, 0.29) is 5.56 Å². The number of amides is 1. The molecule has 0 saturated carbocycles. The first-order valence-corrected chi connectivity index (χ1v) is 10.1. The molecule has 0 aliphatic heterocycles. The minimum Gasteiger partial charge on any atom is -0.267 e. The number of nitrogens with zero attached hydrogens (tertiary/aromatic N) is 5. The Kier molecular flexibility index (Phi) is 4.18. The van der Waals surface area contributed by atoms with Gasteiger partial charge in [0.25, 0.3) is 11.5 Å². The highest BCUT2D eigenvalue weighted by Crippen LogP contribution is 2.29. The first-order chi connectivity index (χ1) is 14.5. The molecule has 0 spiro atoms. The van der Waals surface area contributed by atoms with Gasteiger partial charge in [-0.25, -0.2) is 14.6 Å². The Labute approximate surface area is 174 Å². The van der Waals surface area contributed by atoms with Gasteiger partial charge in [0.1, 0.15) is 6.33 Å². The molecule has 1 amide bonds. The van der Waals surface area contributed by atoms with Gasteiger partial charge in [0.2, 0.25) is 0 Å². The van der Waals surface area contributed by atoms with Crippen molar-refractivity contribution in [3.05, 3.63) is 75.8 Å². The number of thiophene rings is 1. The molecule has 0 radical (unpaired) electrons. The summed E-state index contributed by atoms with van der Waals surface area (Å²) in [4.78, 5) is 35.9. The second-order valence-corrected chi connectivity index (χ2v) is 7.77. The molecule has 5 aromatic rings. The van der Waals surface area contributed by atoms with Crippen LogP contribution in [0.2, 0.25) is 0 Å². The van der Waals surface area contributed by atoms with E-state index < -0.39 is 5.91 Å². The van der Waals surface area contributed by atoms with Crippen LogP contribution in [0.1, 0.15) is 16.1 Å². The van der Waals surface area contributed by atoms with Crippen molar-refractivity contribution in [1.82, 2.24) is 24.4 Å². The number of aromatic nitrogens is 5. The van der Waals surface area contributed by atoms with E-state index in [2.05, 4.69) is 15.5 Å². The van der Waals surface area contributed by atoms with Gasteiger partial charge in [-0.05, 0) is 36.6 Å². The van der Waals surface area contributed by atoms with E-state index >= 15 is 0 Å². The third kappa shape index (κ3) is 2.87. The van der Waals surface area contributed by atoms with Crippen LogP contribution in [0.3, 0.4) is 0 Å². The number of hydrogen-bond acceptors (Lipinski definition) is 6. The average molecular weight is 416 g/mol. The van der Waals surface area contributed by atoms with Crippen LogP contribution >= 0.6 is 11.3 Å². The number of carbonyl (C=O) groups excluding carboxylic acids is 1. The maximum absolute atomic E-state index is 13.2. The first-order valence-electron chi connectivity index (χ1n) is 9.19. The van der Waals surface area contributed by atoms with Crippen molar-refractivity contribution in [2.24, 2.45) is 7.05 Å². The summed E-state index contributed by atoms with van der Waals surface area (Å²) in [5, 5.41) is 7.45. The number of pyridine rings is 1. The van der Waals surface area contributed by atoms with Crippen molar-refractivity contribution in [2.45, 2.75) is 6.92 Å². The first kappa shape index (κ1) is 18.2. The highest BCUT2D eigenvalue weighted by Gasteiger charge is 2.20. The third-order valence-electron chi connectivity index (χ3n) is 4.87. The number of para-hydroxylation sites is 1. The summed E-state index contributed by atoms with van der Waals surface area (Å²) < 4.78 is 2.76. The molecule has 148 valence electrons. The fraction of sp³-hybridized carbons (Fsp3) is 0.0952. The van der Waals surface area contributed by atoms with Crippen LogP contribution in [0.25, 0.3) is 32.5 Å². The highest BCUT2D eigenvalue weighted by atomic mass is 32.1. The van der Waals surface area contributed by atoms with Crippen LogP contribution in [0.5, 0.6) is 0 Å². The van der Waals surface area contributed by atoms with Crippen molar-refractivity contribution in [1.29, 1.82) is 0 Å². The molecule has 5 rings (SSSR count). The number of rotatable bonds is 3. The van der Waals surface area contributed by atoms with Crippen molar-refractivity contribution in [3.63, 3.8) is 0 Å². The molecule has 9 heteroatoms. The van der Waals surface area contributed by atoms with E-state index in [9.17, 15) is 9.59 Å². The Bertz CT molecular complexity index is 1480. The lowest BCUT2D eigenvalue weighted by Gasteiger charge is -2.10. The molecule has 8 nitrogen and oxygen atoms in total. The SMILES string of the molecule is Cc1nn(C)c2nc(-c3cccs3)cc(C(=O)Nn3cnc4ccccc4c3=O)c12. The molecule has 1 N–H and O–H groups in total. The Morgan fingerprint density at radius 1 is 1.17 bits per heavy atom. The molecular formula is C21H16N6O2S. The molecule has 0 bridgehead atoms. The number of fused-ring (bicyclic) bond motifs is 2. The zero-order valence-corrected chi connectivity index (χ0v) is 17.0. The van der Waals surface area contributed by atoms with Crippen molar-refractivity contribution in [2.75, 3.05) is 5.43 Å². The summed E-state index contributed by atoms with van der Waals surface area (Å²) in [5.41, 5.74) is 5.25. The number of carbonyl (C=O) groups is 1. The summed E-state index contributed by atoms with van der Waals surface area (Å²) in [6.45, 7) is 1.83. The van der Waals surface area contributed by atoms with Crippen LogP contribution in [-0.2, 0) is 7.05 Å². The minimum absolute atomic E-state index is 0.347. The molecular weight excluding hydrogens is 400 g/mol. The second-order valence-electron chi connectivity index (χ2n) is 6.82. The normalized spacial score (nSPS) is 11.3. The van der Waals surface area contributed by atoms with E-state index in [0.29, 0.717) is 38.9 Å². The van der Waals surface area contributed by atoms with Crippen LogP contribution in [0.4, 0.5) is 0 Å². The third-order valence-corrected chi connectivity index (χ3v) is 5.77. The summed E-state index contributed by atoms with van der Waals surface area (Å²) in [6.07, 6.45) is 1.32. The average Bonchev–Trinajstić information content (AvgIpc) is 3.38. The van der Waals surface area contributed by atoms with Crippen molar-refractivity contribution in [3.8, 4) is 10.6 Å². The number of benzene rings is 1. The largest absolute Gasteiger partial charge is 0.280 e. The van der Waals surface area contributed by atoms with Gasteiger partial charge in [-0.15, -0.1) is 11.3 Å². The Balaban J connectivity index is 1.65. The van der Waals surface area contributed by atoms with Gasteiger partial charge >= 0.3 is 0 Å². The Morgan fingerprint density at radius 3 is 2.80 bits per heavy atom. The lowest BCUT2D eigenvalue weighted by Crippen LogP contribution is -2.33. The molecule has 0 unspecified atom stereocenters. The molecule has 4 heterocycles. The van der Waals surface area contributed by atoms with Crippen LogP contribution in [-0.4, -0.2) is 30.3 Å². The zero-order valence-electron chi connectivity index (χ0n) is 16.2.